The molecule has 0 radical (unpaired) electrons. The van der Waals surface area contributed by atoms with Gasteiger partial charge in [-0.2, -0.15) is 0 Å². The molecule has 2 aromatic carbocycles. The van der Waals surface area contributed by atoms with Crippen molar-refractivity contribution in [2.24, 2.45) is 11.8 Å². The van der Waals surface area contributed by atoms with Gasteiger partial charge in [0.25, 0.3) is 0 Å². The number of esters is 1. The summed E-state index contributed by atoms with van der Waals surface area (Å²) in [4.78, 5) is 12.1. The predicted octanol–water partition coefficient (Wildman–Crippen LogP) is 7.82. The van der Waals surface area contributed by atoms with Gasteiger partial charge in [0.15, 0.2) is 0 Å². The third-order valence-electron chi connectivity index (χ3n) is 5.55. The van der Waals surface area contributed by atoms with Crippen LogP contribution in [0.4, 0.5) is 0 Å². The van der Waals surface area contributed by atoms with Crippen LogP contribution in [0.25, 0.3) is 11.1 Å². The zero-order chi connectivity index (χ0) is 22.5. The van der Waals surface area contributed by atoms with E-state index in [1.807, 2.05) is 24.3 Å². The second kappa shape index (κ2) is 13.9. The lowest BCUT2D eigenvalue weighted by atomic mass is 9.97. The zero-order valence-electron chi connectivity index (χ0n) is 19.9. The number of hydrogen-bond acceptors (Lipinski definition) is 3. The summed E-state index contributed by atoms with van der Waals surface area (Å²) >= 11 is 0. The second-order valence-corrected chi connectivity index (χ2v) is 9.07. The monoisotopic (exact) mass is 424 g/mol. The Morgan fingerprint density at radius 1 is 0.839 bits per heavy atom. The van der Waals surface area contributed by atoms with E-state index in [2.05, 4.69) is 52.0 Å². The van der Waals surface area contributed by atoms with Crippen LogP contribution in [-0.2, 0) is 16.1 Å². The van der Waals surface area contributed by atoms with Crippen molar-refractivity contribution in [3.8, 4) is 16.9 Å². The van der Waals surface area contributed by atoms with Crippen molar-refractivity contribution in [1.29, 1.82) is 0 Å². The first kappa shape index (κ1) is 25.0. The SMILES string of the molecule is CCCCCOc1ccc(-c2ccc(COC(=O)C[C@@H](C)CCCC(C)C)cc2)cc1. The number of rotatable bonds is 14. The topological polar surface area (TPSA) is 35.5 Å². The number of hydrogen-bond donors (Lipinski definition) is 0. The van der Waals surface area contributed by atoms with Crippen LogP contribution in [0.1, 0.15) is 78.2 Å². The highest BCUT2D eigenvalue weighted by atomic mass is 16.5. The minimum absolute atomic E-state index is 0.101. The molecule has 0 unspecified atom stereocenters. The molecule has 2 aromatic rings. The quantitative estimate of drug-likeness (QED) is 0.229. The van der Waals surface area contributed by atoms with Crippen molar-refractivity contribution in [3.63, 3.8) is 0 Å². The number of ether oxygens (including phenoxy) is 2. The van der Waals surface area contributed by atoms with E-state index in [9.17, 15) is 4.79 Å². The molecule has 31 heavy (non-hydrogen) atoms. The molecule has 2 rings (SSSR count). The van der Waals surface area contributed by atoms with Gasteiger partial charge in [-0.05, 0) is 47.1 Å². The van der Waals surface area contributed by atoms with Crippen molar-refractivity contribution in [3.05, 3.63) is 54.1 Å². The van der Waals surface area contributed by atoms with Gasteiger partial charge in [0, 0.05) is 6.42 Å². The molecule has 170 valence electrons. The van der Waals surface area contributed by atoms with Crippen molar-refractivity contribution in [1.82, 2.24) is 0 Å². The van der Waals surface area contributed by atoms with Crippen LogP contribution in [0.2, 0.25) is 0 Å². The minimum Gasteiger partial charge on any atom is -0.494 e. The van der Waals surface area contributed by atoms with Crippen molar-refractivity contribution in [2.75, 3.05) is 6.61 Å². The summed E-state index contributed by atoms with van der Waals surface area (Å²) in [6, 6.07) is 16.5. The van der Waals surface area contributed by atoms with Crippen molar-refractivity contribution >= 4 is 5.97 Å². The van der Waals surface area contributed by atoms with Gasteiger partial charge in [0.1, 0.15) is 12.4 Å². The Balaban J connectivity index is 1.75. The van der Waals surface area contributed by atoms with Gasteiger partial charge in [-0.3, -0.25) is 4.79 Å². The molecular formula is C28H40O3. The second-order valence-electron chi connectivity index (χ2n) is 9.07. The summed E-state index contributed by atoms with van der Waals surface area (Å²) in [5, 5.41) is 0. The van der Waals surface area contributed by atoms with Gasteiger partial charge in [-0.15, -0.1) is 0 Å². The lowest BCUT2D eigenvalue weighted by Crippen LogP contribution is -2.10. The summed E-state index contributed by atoms with van der Waals surface area (Å²) < 4.78 is 11.3. The standard InChI is InChI=1S/C28H40O3/c1-5-6-7-19-30-27-17-15-26(16-18-27)25-13-11-24(12-14-25)21-31-28(29)20-23(4)10-8-9-22(2)3/h11-18,22-23H,5-10,19-21H2,1-4H3/t23-/m0/s1. The zero-order valence-corrected chi connectivity index (χ0v) is 19.9. The molecule has 0 aliphatic rings. The van der Waals surface area contributed by atoms with Gasteiger partial charge >= 0.3 is 5.97 Å². The lowest BCUT2D eigenvalue weighted by Gasteiger charge is -2.12. The maximum Gasteiger partial charge on any atom is 0.306 e. The summed E-state index contributed by atoms with van der Waals surface area (Å²) in [6.07, 6.45) is 7.50. The maximum atomic E-state index is 12.1. The number of unbranched alkanes of at least 4 members (excludes halogenated alkanes) is 2. The van der Waals surface area contributed by atoms with Gasteiger partial charge < -0.3 is 9.47 Å². The van der Waals surface area contributed by atoms with E-state index in [1.54, 1.807) is 0 Å². The molecule has 0 saturated heterocycles. The highest BCUT2D eigenvalue weighted by molar-refractivity contribution is 5.69. The summed E-state index contributed by atoms with van der Waals surface area (Å²) in [5.74, 6) is 1.92. The fraction of sp³-hybridized carbons (Fsp3) is 0.536. The largest absolute Gasteiger partial charge is 0.494 e. The molecular weight excluding hydrogens is 384 g/mol. The Hall–Kier alpha value is -2.29. The first-order valence-corrected chi connectivity index (χ1v) is 12.0. The normalized spacial score (nSPS) is 12.0. The van der Waals surface area contributed by atoms with Crippen molar-refractivity contribution < 1.29 is 14.3 Å². The molecule has 0 bridgehead atoms. The number of benzene rings is 2. The fourth-order valence-electron chi connectivity index (χ4n) is 3.56. The molecule has 0 heterocycles. The third kappa shape index (κ3) is 10.0. The van der Waals surface area contributed by atoms with Gasteiger partial charge in [0.05, 0.1) is 6.61 Å². The molecule has 0 fully saturated rings. The van der Waals surface area contributed by atoms with E-state index < -0.39 is 0 Å². The Labute approximate surface area is 189 Å². The molecule has 0 aliphatic carbocycles. The summed E-state index contributed by atoms with van der Waals surface area (Å²) in [6.45, 7) is 9.92. The van der Waals surface area contributed by atoms with Gasteiger partial charge in [0.2, 0.25) is 0 Å². The Morgan fingerprint density at radius 2 is 1.48 bits per heavy atom. The van der Waals surface area contributed by atoms with E-state index in [4.69, 9.17) is 9.47 Å². The summed E-state index contributed by atoms with van der Waals surface area (Å²) in [7, 11) is 0. The van der Waals surface area contributed by atoms with E-state index in [0.717, 1.165) is 47.8 Å². The molecule has 0 N–H and O–H groups in total. The first-order chi connectivity index (χ1) is 15.0. The number of carbonyl (C=O) groups excluding carboxylic acids is 1. The van der Waals surface area contributed by atoms with Crippen LogP contribution in [-0.4, -0.2) is 12.6 Å². The number of carbonyl (C=O) groups is 1. The Kier molecular flexibility index (Phi) is 11.2. The highest BCUT2D eigenvalue weighted by Crippen LogP contribution is 2.23. The van der Waals surface area contributed by atoms with E-state index in [-0.39, 0.29) is 5.97 Å². The van der Waals surface area contributed by atoms with Crippen LogP contribution in [0.15, 0.2) is 48.5 Å². The van der Waals surface area contributed by atoms with Gasteiger partial charge in [-0.1, -0.05) is 96.2 Å². The van der Waals surface area contributed by atoms with Crippen molar-refractivity contribution in [2.45, 2.75) is 79.2 Å². The third-order valence-corrected chi connectivity index (χ3v) is 5.55. The van der Waals surface area contributed by atoms with Crippen LogP contribution >= 0.6 is 0 Å². The fourth-order valence-corrected chi connectivity index (χ4v) is 3.56. The highest BCUT2D eigenvalue weighted by Gasteiger charge is 2.11. The molecule has 0 amide bonds. The molecule has 3 heteroatoms. The molecule has 0 aliphatic heterocycles. The minimum atomic E-state index is -0.101. The lowest BCUT2D eigenvalue weighted by molar-refractivity contribution is -0.146. The molecule has 0 aromatic heterocycles. The maximum absolute atomic E-state index is 12.1. The smallest absolute Gasteiger partial charge is 0.306 e. The molecule has 0 saturated carbocycles. The van der Waals surface area contributed by atoms with Crippen LogP contribution in [0.5, 0.6) is 5.75 Å². The van der Waals surface area contributed by atoms with Crippen LogP contribution in [0.3, 0.4) is 0 Å². The molecule has 3 nitrogen and oxygen atoms in total. The summed E-state index contributed by atoms with van der Waals surface area (Å²) in [5.41, 5.74) is 3.31. The first-order valence-electron chi connectivity index (χ1n) is 12.0. The average Bonchev–Trinajstić information content (AvgIpc) is 2.76. The van der Waals surface area contributed by atoms with Crippen LogP contribution in [0, 0.1) is 11.8 Å². The average molecular weight is 425 g/mol. The van der Waals surface area contributed by atoms with E-state index in [1.165, 1.54) is 25.7 Å². The molecule has 0 spiro atoms. The van der Waals surface area contributed by atoms with Crippen LogP contribution < -0.4 is 4.74 Å². The Bertz CT molecular complexity index is 747. The van der Waals surface area contributed by atoms with Gasteiger partial charge in [-0.25, -0.2) is 0 Å². The predicted molar refractivity (Wildman–Crippen MR) is 129 cm³/mol. The Morgan fingerprint density at radius 3 is 2.10 bits per heavy atom. The molecule has 1 atom stereocenters. The van der Waals surface area contributed by atoms with E-state index >= 15 is 0 Å². The van der Waals surface area contributed by atoms with E-state index in [0.29, 0.717) is 18.9 Å².